The van der Waals surface area contributed by atoms with E-state index in [9.17, 15) is 4.79 Å². The first-order valence-corrected chi connectivity index (χ1v) is 10.6. The summed E-state index contributed by atoms with van der Waals surface area (Å²) in [5, 5.41) is 1.90. The summed E-state index contributed by atoms with van der Waals surface area (Å²) in [6, 6.07) is 29.2. The van der Waals surface area contributed by atoms with Crippen molar-refractivity contribution in [2.24, 2.45) is 4.99 Å². The van der Waals surface area contributed by atoms with Crippen molar-refractivity contribution >= 4 is 28.7 Å². The lowest BCUT2D eigenvalue weighted by Gasteiger charge is -2.36. The molecule has 0 atom stereocenters. The van der Waals surface area contributed by atoms with Crippen LogP contribution in [0, 0.1) is 6.92 Å². The summed E-state index contributed by atoms with van der Waals surface area (Å²) >= 11 is 1.42. The van der Waals surface area contributed by atoms with Crippen molar-refractivity contribution in [3.63, 3.8) is 0 Å². The van der Waals surface area contributed by atoms with Crippen molar-refractivity contribution in [2.75, 3.05) is 0 Å². The van der Waals surface area contributed by atoms with Crippen LogP contribution in [-0.4, -0.2) is 11.7 Å². The van der Waals surface area contributed by atoms with E-state index in [0.717, 1.165) is 16.7 Å². The van der Waals surface area contributed by atoms with Gasteiger partial charge in [-0.25, -0.2) is 4.99 Å². The quantitative estimate of drug-likeness (QED) is 0.395. The first-order chi connectivity index (χ1) is 14.7. The lowest BCUT2D eigenvalue weighted by Crippen LogP contribution is -2.48. The summed E-state index contributed by atoms with van der Waals surface area (Å²) in [5.41, 5.74) is 2.33. The number of hydrogen-bond acceptors (Lipinski definition) is 4. The minimum absolute atomic E-state index is 0.0120. The fraction of sp³-hybridized carbons (Fsp3) is 0.0769. The predicted octanol–water partition coefficient (Wildman–Crippen LogP) is 6.35. The van der Waals surface area contributed by atoms with Gasteiger partial charge in [0.05, 0.1) is 10.6 Å². The number of carbonyl (C=O) groups excluding carboxylic acids is 1. The standard InChI is InChI=1S/C26H19NO2S/c1-18-12-14-21(15-13-18)29-25-26(19-8-4-2-5-9-19,20-10-6-3-7-11-20)24(28)23-22(27-25)16-17-30-23/h2-17H,1H3. The van der Waals surface area contributed by atoms with Gasteiger partial charge in [0, 0.05) is 0 Å². The fourth-order valence-electron chi connectivity index (χ4n) is 3.89. The highest BCUT2D eigenvalue weighted by molar-refractivity contribution is 7.13. The van der Waals surface area contributed by atoms with E-state index in [4.69, 9.17) is 9.73 Å². The zero-order valence-electron chi connectivity index (χ0n) is 16.4. The highest BCUT2D eigenvalue weighted by Crippen LogP contribution is 2.45. The molecule has 1 aromatic heterocycles. The number of aryl methyl sites for hydroxylation is 1. The van der Waals surface area contributed by atoms with Gasteiger partial charge in [0.15, 0.2) is 11.2 Å². The molecule has 5 rings (SSSR count). The average molecular weight is 410 g/mol. The summed E-state index contributed by atoms with van der Waals surface area (Å²) in [5.74, 6) is 1.02. The number of Topliss-reactive ketones (excluding diaryl/α,β-unsaturated/α-hetero) is 1. The van der Waals surface area contributed by atoms with Crippen LogP contribution in [0.25, 0.3) is 0 Å². The molecule has 0 bridgehead atoms. The summed E-state index contributed by atoms with van der Waals surface area (Å²) in [6.07, 6.45) is 0. The minimum atomic E-state index is -1.15. The van der Waals surface area contributed by atoms with E-state index in [2.05, 4.69) is 0 Å². The minimum Gasteiger partial charge on any atom is -0.441 e. The molecule has 0 saturated heterocycles. The Kier molecular flexibility index (Phi) is 4.57. The number of ketones is 1. The molecule has 1 aliphatic heterocycles. The van der Waals surface area contributed by atoms with Crippen molar-refractivity contribution in [2.45, 2.75) is 12.3 Å². The zero-order chi connectivity index (χ0) is 20.6. The molecule has 0 aliphatic carbocycles. The molecule has 3 nitrogen and oxygen atoms in total. The summed E-state index contributed by atoms with van der Waals surface area (Å²) in [7, 11) is 0. The van der Waals surface area contributed by atoms with E-state index >= 15 is 0 Å². The Hall–Kier alpha value is -3.50. The summed E-state index contributed by atoms with van der Waals surface area (Å²) in [6.45, 7) is 2.03. The molecule has 2 heterocycles. The first kappa shape index (κ1) is 18.5. The van der Waals surface area contributed by atoms with Crippen LogP contribution in [0.5, 0.6) is 5.75 Å². The molecule has 4 heteroatoms. The van der Waals surface area contributed by atoms with Crippen LogP contribution >= 0.6 is 11.3 Å². The van der Waals surface area contributed by atoms with Crippen molar-refractivity contribution in [3.8, 4) is 5.75 Å². The normalized spacial score (nSPS) is 14.7. The number of ether oxygens (including phenoxy) is 1. The lowest BCUT2D eigenvalue weighted by atomic mass is 9.69. The van der Waals surface area contributed by atoms with Gasteiger partial charge in [0.1, 0.15) is 5.75 Å². The number of hydrogen-bond donors (Lipinski definition) is 0. The summed E-state index contributed by atoms with van der Waals surface area (Å²) < 4.78 is 6.37. The van der Waals surface area contributed by atoms with Crippen molar-refractivity contribution in [1.29, 1.82) is 0 Å². The van der Waals surface area contributed by atoms with Crippen molar-refractivity contribution in [3.05, 3.63) is 118 Å². The van der Waals surface area contributed by atoms with Gasteiger partial charge in [-0.3, -0.25) is 4.79 Å². The third kappa shape index (κ3) is 2.88. The smallest absolute Gasteiger partial charge is 0.218 e. The molecular formula is C26H19NO2S. The number of rotatable bonds is 3. The second kappa shape index (κ2) is 7.39. The molecule has 0 N–H and O–H groups in total. The van der Waals surface area contributed by atoms with Crippen LogP contribution in [0.15, 0.2) is 101 Å². The Morgan fingerprint density at radius 1 is 0.800 bits per heavy atom. The van der Waals surface area contributed by atoms with E-state index in [1.807, 2.05) is 103 Å². The van der Waals surface area contributed by atoms with E-state index in [0.29, 0.717) is 22.2 Å². The second-order valence-corrected chi connectivity index (χ2v) is 8.19. The van der Waals surface area contributed by atoms with Crippen LogP contribution in [0.4, 0.5) is 5.69 Å². The Labute approximate surface area is 179 Å². The Morgan fingerprint density at radius 3 is 2.00 bits per heavy atom. The number of benzene rings is 3. The van der Waals surface area contributed by atoms with Crippen LogP contribution in [-0.2, 0) is 5.41 Å². The van der Waals surface area contributed by atoms with Gasteiger partial charge < -0.3 is 4.74 Å². The first-order valence-electron chi connectivity index (χ1n) is 9.76. The molecule has 146 valence electrons. The molecular weight excluding hydrogens is 390 g/mol. The lowest BCUT2D eigenvalue weighted by molar-refractivity contribution is 0.0943. The predicted molar refractivity (Wildman–Crippen MR) is 121 cm³/mol. The second-order valence-electron chi connectivity index (χ2n) is 7.28. The Balaban J connectivity index is 1.79. The van der Waals surface area contributed by atoms with Gasteiger partial charge in [-0.2, -0.15) is 0 Å². The fourth-order valence-corrected chi connectivity index (χ4v) is 4.72. The molecule has 0 fully saturated rings. The number of carbonyl (C=O) groups is 1. The van der Waals surface area contributed by atoms with E-state index in [-0.39, 0.29) is 5.78 Å². The third-order valence-electron chi connectivity index (χ3n) is 5.38. The van der Waals surface area contributed by atoms with Crippen LogP contribution in [0.3, 0.4) is 0 Å². The van der Waals surface area contributed by atoms with Gasteiger partial charge in [0.25, 0.3) is 0 Å². The highest BCUT2D eigenvalue weighted by atomic mass is 32.1. The highest BCUT2D eigenvalue weighted by Gasteiger charge is 2.52. The number of nitrogens with zero attached hydrogens (tertiary/aromatic N) is 1. The maximum absolute atomic E-state index is 14.1. The SMILES string of the molecule is Cc1ccc(OC2=Nc3ccsc3C(=O)C2(c2ccccc2)c2ccccc2)cc1. The van der Waals surface area contributed by atoms with Gasteiger partial charge in [-0.15, -0.1) is 11.3 Å². The third-order valence-corrected chi connectivity index (χ3v) is 6.29. The maximum atomic E-state index is 14.1. The van der Waals surface area contributed by atoms with Crippen LogP contribution in [0.2, 0.25) is 0 Å². The largest absolute Gasteiger partial charge is 0.441 e. The molecule has 4 aromatic rings. The number of fused-ring (bicyclic) bond motifs is 1. The molecule has 0 radical (unpaired) electrons. The van der Waals surface area contributed by atoms with Crippen LogP contribution < -0.4 is 4.74 Å². The topological polar surface area (TPSA) is 38.7 Å². The molecule has 1 aliphatic rings. The molecule has 30 heavy (non-hydrogen) atoms. The number of thiophene rings is 1. The van der Waals surface area contributed by atoms with E-state index in [1.165, 1.54) is 11.3 Å². The molecule has 0 saturated carbocycles. The van der Waals surface area contributed by atoms with Gasteiger partial charge >= 0.3 is 0 Å². The van der Waals surface area contributed by atoms with Gasteiger partial charge in [-0.1, -0.05) is 78.4 Å². The van der Waals surface area contributed by atoms with E-state index in [1.54, 1.807) is 0 Å². The van der Waals surface area contributed by atoms with Crippen molar-refractivity contribution < 1.29 is 9.53 Å². The van der Waals surface area contributed by atoms with E-state index < -0.39 is 5.41 Å². The van der Waals surface area contributed by atoms with Gasteiger partial charge in [0.2, 0.25) is 5.90 Å². The van der Waals surface area contributed by atoms with Gasteiger partial charge in [-0.05, 0) is 41.6 Å². The molecule has 0 spiro atoms. The average Bonchev–Trinajstić information content (AvgIpc) is 3.26. The number of aliphatic imine (C=N–C) groups is 1. The molecule has 3 aromatic carbocycles. The summed E-state index contributed by atoms with van der Waals surface area (Å²) in [4.78, 5) is 19.6. The zero-order valence-corrected chi connectivity index (χ0v) is 17.2. The van der Waals surface area contributed by atoms with Crippen molar-refractivity contribution in [1.82, 2.24) is 0 Å². The Morgan fingerprint density at radius 2 is 1.40 bits per heavy atom. The Bertz CT molecular complexity index is 1190. The molecule has 0 amide bonds. The molecule has 0 unspecified atom stereocenters. The monoisotopic (exact) mass is 409 g/mol. The van der Waals surface area contributed by atoms with Crippen LogP contribution in [0.1, 0.15) is 26.4 Å². The maximum Gasteiger partial charge on any atom is 0.218 e.